The van der Waals surface area contributed by atoms with Gasteiger partial charge in [-0.05, 0) is 25.1 Å². The van der Waals surface area contributed by atoms with Crippen molar-refractivity contribution in [3.8, 4) is 23.0 Å². The predicted molar refractivity (Wildman–Crippen MR) is 98.8 cm³/mol. The second-order valence-corrected chi connectivity index (χ2v) is 6.46. The number of phenolic OH excluding ortho intramolecular Hbond substituents is 3. The van der Waals surface area contributed by atoms with E-state index < -0.39 is 34.4 Å². The van der Waals surface area contributed by atoms with Gasteiger partial charge in [0.05, 0.1) is 29.2 Å². The van der Waals surface area contributed by atoms with Gasteiger partial charge in [-0.25, -0.2) is 0 Å². The second kappa shape index (κ2) is 5.82. The van der Waals surface area contributed by atoms with Crippen molar-refractivity contribution in [2.24, 2.45) is 0 Å². The average molecular weight is 378 g/mol. The largest absolute Gasteiger partial charge is 0.507 e. The number of hydrogen-bond acceptors (Lipinski definition) is 7. The predicted octanol–water partition coefficient (Wildman–Crippen LogP) is 2.94. The maximum atomic E-state index is 13.1. The van der Waals surface area contributed by atoms with Gasteiger partial charge < -0.3 is 20.1 Å². The minimum absolute atomic E-state index is 0.0258. The van der Waals surface area contributed by atoms with Crippen molar-refractivity contribution in [3.05, 3.63) is 58.1 Å². The number of methoxy groups -OCH3 is 1. The highest BCUT2D eigenvalue weighted by Gasteiger charge is 2.38. The van der Waals surface area contributed by atoms with Crippen molar-refractivity contribution in [1.29, 1.82) is 0 Å². The number of Topliss-reactive ketones (excluding diaryl/α,β-unsaturated/α-hetero) is 1. The van der Waals surface area contributed by atoms with E-state index in [2.05, 4.69) is 0 Å². The molecule has 7 nitrogen and oxygen atoms in total. The zero-order valence-electron chi connectivity index (χ0n) is 14.9. The van der Waals surface area contributed by atoms with Gasteiger partial charge in [0.2, 0.25) is 5.78 Å². The van der Waals surface area contributed by atoms with Crippen molar-refractivity contribution in [1.82, 2.24) is 0 Å². The fourth-order valence-corrected chi connectivity index (χ4v) is 3.59. The van der Waals surface area contributed by atoms with E-state index in [4.69, 9.17) is 4.74 Å². The lowest BCUT2D eigenvalue weighted by molar-refractivity contribution is 0.0972. The average Bonchev–Trinajstić information content (AvgIpc) is 2.67. The molecule has 28 heavy (non-hydrogen) atoms. The Labute approximate surface area is 158 Å². The quantitative estimate of drug-likeness (QED) is 0.362. The van der Waals surface area contributed by atoms with Gasteiger partial charge in [0.15, 0.2) is 11.6 Å². The lowest BCUT2D eigenvalue weighted by Crippen LogP contribution is -2.22. The first-order chi connectivity index (χ1) is 13.3. The van der Waals surface area contributed by atoms with Crippen LogP contribution in [0, 0.1) is 0 Å². The Kier molecular flexibility index (Phi) is 3.64. The number of rotatable bonds is 2. The molecule has 0 spiro atoms. The number of aromatic hydroxyl groups is 3. The normalized spacial score (nSPS) is 12.6. The molecule has 0 radical (unpaired) electrons. The van der Waals surface area contributed by atoms with E-state index in [1.807, 2.05) is 0 Å². The Hall–Kier alpha value is -3.87. The van der Waals surface area contributed by atoms with Crippen molar-refractivity contribution in [2.75, 3.05) is 7.11 Å². The third kappa shape index (κ3) is 2.13. The summed E-state index contributed by atoms with van der Waals surface area (Å²) in [5.74, 6) is -3.36. The van der Waals surface area contributed by atoms with Gasteiger partial charge in [0, 0.05) is 16.5 Å². The van der Waals surface area contributed by atoms with Gasteiger partial charge in [0.25, 0.3) is 0 Å². The maximum absolute atomic E-state index is 13.1. The molecule has 0 atom stereocenters. The molecule has 3 aromatic carbocycles. The van der Waals surface area contributed by atoms with Gasteiger partial charge >= 0.3 is 0 Å². The zero-order chi connectivity index (χ0) is 20.3. The molecule has 0 bridgehead atoms. The van der Waals surface area contributed by atoms with Crippen LogP contribution < -0.4 is 4.74 Å². The van der Waals surface area contributed by atoms with Gasteiger partial charge in [-0.15, -0.1) is 0 Å². The van der Waals surface area contributed by atoms with Crippen LogP contribution in [0.5, 0.6) is 23.0 Å². The highest BCUT2D eigenvalue weighted by molar-refractivity contribution is 6.33. The smallest absolute Gasteiger partial charge is 0.202 e. The standard InChI is InChI=1S/C21H14O7/c1-8(22)9-6-11-14(12(23)7-9)20(26)17-16(19(11)25)18(24)10-4-3-5-13(28-2)15(10)21(17)27/h3-7,23,25-26H,1-2H3. The molecule has 4 rings (SSSR count). The fourth-order valence-electron chi connectivity index (χ4n) is 3.59. The first-order valence-corrected chi connectivity index (χ1v) is 8.29. The van der Waals surface area contributed by atoms with Crippen LogP contribution in [-0.4, -0.2) is 39.8 Å². The Bertz CT molecular complexity index is 1240. The third-order valence-electron chi connectivity index (χ3n) is 4.91. The molecule has 0 amide bonds. The van der Waals surface area contributed by atoms with Crippen molar-refractivity contribution in [2.45, 2.75) is 6.92 Å². The highest BCUT2D eigenvalue weighted by Crippen LogP contribution is 2.48. The van der Waals surface area contributed by atoms with E-state index >= 15 is 0 Å². The number of ketones is 3. The molecule has 0 aliphatic heterocycles. The Morgan fingerprint density at radius 1 is 0.929 bits per heavy atom. The van der Waals surface area contributed by atoms with Crippen LogP contribution in [0.4, 0.5) is 0 Å². The minimum atomic E-state index is -0.716. The molecule has 3 aromatic rings. The van der Waals surface area contributed by atoms with E-state index in [-0.39, 0.29) is 44.6 Å². The number of carbonyl (C=O) groups excluding carboxylic acids is 3. The molecule has 0 fully saturated rings. The molecule has 0 saturated carbocycles. The van der Waals surface area contributed by atoms with E-state index in [9.17, 15) is 29.7 Å². The SMILES string of the molecule is COc1cccc2c1C(=O)c1c(c(O)c3cc(C(C)=O)cc(O)c3c1O)C2=O. The zero-order valence-corrected chi connectivity index (χ0v) is 14.9. The number of ether oxygens (including phenoxy) is 1. The highest BCUT2D eigenvalue weighted by atomic mass is 16.5. The van der Waals surface area contributed by atoms with Gasteiger partial charge in [-0.1, -0.05) is 12.1 Å². The molecular weight excluding hydrogens is 364 g/mol. The van der Waals surface area contributed by atoms with Crippen LogP contribution in [0.15, 0.2) is 30.3 Å². The summed E-state index contributed by atoms with van der Waals surface area (Å²) in [5, 5.41) is 31.5. The summed E-state index contributed by atoms with van der Waals surface area (Å²) < 4.78 is 5.17. The van der Waals surface area contributed by atoms with E-state index in [1.54, 1.807) is 0 Å². The summed E-state index contributed by atoms with van der Waals surface area (Å²) >= 11 is 0. The van der Waals surface area contributed by atoms with Crippen LogP contribution in [0.3, 0.4) is 0 Å². The van der Waals surface area contributed by atoms with Crippen LogP contribution in [0.1, 0.15) is 49.1 Å². The number of hydrogen-bond donors (Lipinski definition) is 3. The topological polar surface area (TPSA) is 121 Å². The summed E-state index contributed by atoms with van der Waals surface area (Å²) in [6.07, 6.45) is 0. The first-order valence-electron chi connectivity index (χ1n) is 8.29. The molecule has 0 saturated heterocycles. The number of phenols is 3. The van der Waals surface area contributed by atoms with Crippen LogP contribution in [-0.2, 0) is 0 Å². The van der Waals surface area contributed by atoms with Crippen LogP contribution in [0.2, 0.25) is 0 Å². The van der Waals surface area contributed by atoms with Crippen LogP contribution in [0.25, 0.3) is 10.8 Å². The monoisotopic (exact) mass is 378 g/mol. The molecule has 1 aliphatic rings. The van der Waals surface area contributed by atoms with Gasteiger partial charge in [-0.3, -0.25) is 14.4 Å². The molecule has 0 unspecified atom stereocenters. The molecular formula is C21H14O7. The number of fused-ring (bicyclic) bond motifs is 3. The fraction of sp³-hybridized carbons (Fsp3) is 0.0952. The van der Waals surface area contributed by atoms with Gasteiger partial charge in [-0.2, -0.15) is 0 Å². The molecule has 140 valence electrons. The summed E-state index contributed by atoms with van der Waals surface area (Å²) in [5.41, 5.74) is -0.723. The summed E-state index contributed by atoms with van der Waals surface area (Å²) in [4.78, 5) is 37.8. The van der Waals surface area contributed by atoms with Crippen molar-refractivity contribution in [3.63, 3.8) is 0 Å². The van der Waals surface area contributed by atoms with E-state index in [1.165, 1.54) is 38.3 Å². The Morgan fingerprint density at radius 3 is 2.25 bits per heavy atom. The second-order valence-electron chi connectivity index (χ2n) is 6.46. The molecule has 3 N–H and O–H groups in total. The summed E-state index contributed by atoms with van der Waals surface area (Å²) in [6.45, 7) is 1.27. The summed E-state index contributed by atoms with van der Waals surface area (Å²) in [6, 6.07) is 6.84. The first kappa shape index (κ1) is 17.5. The number of benzene rings is 3. The Morgan fingerprint density at radius 2 is 1.61 bits per heavy atom. The van der Waals surface area contributed by atoms with Gasteiger partial charge in [0.1, 0.15) is 23.0 Å². The minimum Gasteiger partial charge on any atom is -0.507 e. The molecule has 0 heterocycles. The molecule has 7 heteroatoms. The summed E-state index contributed by atoms with van der Waals surface area (Å²) in [7, 11) is 1.34. The van der Waals surface area contributed by atoms with E-state index in [0.717, 1.165) is 6.07 Å². The van der Waals surface area contributed by atoms with Crippen molar-refractivity contribution >= 4 is 28.1 Å². The van der Waals surface area contributed by atoms with E-state index in [0.29, 0.717) is 0 Å². The lowest BCUT2D eigenvalue weighted by Gasteiger charge is -2.22. The van der Waals surface area contributed by atoms with Crippen molar-refractivity contribution < 1.29 is 34.4 Å². The molecule has 0 aromatic heterocycles. The van der Waals surface area contributed by atoms with Crippen LogP contribution >= 0.6 is 0 Å². The maximum Gasteiger partial charge on any atom is 0.202 e. The lowest BCUT2D eigenvalue weighted by atomic mass is 9.80. The Balaban J connectivity index is 2.16. The number of carbonyl (C=O) groups is 3. The molecule has 1 aliphatic carbocycles. The third-order valence-corrected chi connectivity index (χ3v) is 4.91.